The van der Waals surface area contributed by atoms with Crippen molar-refractivity contribution in [1.82, 2.24) is 4.90 Å². The number of nitrogens with zero attached hydrogens (tertiary/aromatic N) is 2. The van der Waals surface area contributed by atoms with Gasteiger partial charge in [0.05, 0.1) is 18.2 Å². The normalized spacial score (nSPS) is 14.1. The standard InChI is InChI=1S/C26H32ClF3N2O2/c1-4-6-10-31(5-2)24-14-19-9-7-8-18(19)11-21(24)16-32(25(33)34)17(3)20-12-22(26(28,29)30)15-23(27)13-20/h11-15,17H,4-10,16H2,1-3H3,(H,33,34). The molecule has 2 aromatic rings. The van der Waals surface area contributed by atoms with Crippen LogP contribution in [0.3, 0.4) is 0 Å². The number of aryl methyl sites for hydroxylation is 2. The molecule has 1 atom stereocenters. The molecule has 1 unspecified atom stereocenters. The number of amides is 1. The Morgan fingerprint density at radius 1 is 1.12 bits per heavy atom. The number of anilines is 1. The maximum Gasteiger partial charge on any atom is 0.416 e. The van der Waals surface area contributed by atoms with E-state index in [0.29, 0.717) is 0 Å². The Balaban J connectivity index is 2.00. The van der Waals surface area contributed by atoms with Crippen molar-refractivity contribution in [2.75, 3.05) is 18.0 Å². The van der Waals surface area contributed by atoms with Crippen molar-refractivity contribution in [1.29, 1.82) is 0 Å². The summed E-state index contributed by atoms with van der Waals surface area (Å²) in [6, 6.07) is 6.70. The van der Waals surface area contributed by atoms with Crippen molar-refractivity contribution in [3.63, 3.8) is 0 Å². The Morgan fingerprint density at radius 3 is 2.38 bits per heavy atom. The number of rotatable bonds is 9. The first-order valence-electron chi connectivity index (χ1n) is 11.8. The number of hydrogen-bond donors (Lipinski definition) is 1. The fourth-order valence-electron chi connectivity index (χ4n) is 4.63. The third-order valence-corrected chi connectivity index (χ3v) is 6.80. The SMILES string of the molecule is CCCCN(CC)c1cc2c(cc1CN(C(=O)O)C(C)c1cc(Cl)cc(C(F)(F)F)c1)CCC2. The van der Waals surface area contributed by atoms with Crippen LogP contribution in [0.25, 0.3) is 0 Å². The molecule has 0 saturated heterocycles. The zero-order chi connectivity index (χ0) is 25.0. The second-order valence-electron chi connectivity index (χ2n) is 8.89. The molecule has 0 bridgehead atoms. The lowest BCUT2D eigenvalue weighted by atomic mass is 10.00. The topological polar surface area (TPSA) is 43.8 Å². The second kappa shape index (κ2) is 10.9. The highest BCUT2D eigenvalue weighted by Gasteiger charge is 2.33. The van der Waals surface area contributed by atoms with E-state index in [4.69, 9.17) is 11.6 Å². The molecule has 0 radical (unpaired) electrons. The van der Waals surface area contributed by atoms with Gasteiger partial charge in [0.25, 0.3) is 0 Å². The first-order valence-corrected chi connectivity index (χ1v) is 12.2. The number of alkyl halides is 3. The van der Waals surface area contributed by atoms with Crippen LogP contribution in [0.1, 0.15) is 73.9 Å². The van der Waals surface area contributed by atoms with Crippen molar-refractivity contribution in [2.24, 2.45) is 0 Å². The molecule has 1 aliphatic carbocycles. The number of carbonyl (C=O) groups is 1. The molecule has 0 fully saturated rings. The molecular formula is C26H32ClF3N2O2. The summed E-state index contributed by atoms with van der Waals surface area (Å²) in [5.74, 6) is 0. The molecule has 186 valence electrons. The van der Waals surface area contributed by atoms with Crippen molar-refractivity contribution < 1.29 is 23.1 Å². The molecule has 1 N–H and O–H groups in total. The molecule has 1 aliphatic rings. The van der Waals surface area contributed by atoms with Crippen molar-refractivity contribution in [2.45, 2.75) is 71.6 Å². The molecule has 1 amide bonds. The maximum atomic E-state index is 13.3. The van der Waals surface area contributed by atoms with Crippen LogP contribution >= 0.6 is 11.6 Å². The molecule has 0 aromatic heterocycles. The van der Waals surface area contributed by atoms with Crippen LogP contribution < -0.4 is 4.90 Å². The second-order valence-corrected chi connectivity index (χ2v) is 9.33. The van der Waals surface area contributed by atoms with Crippen LogP contribution in [0.5, 0.6) is 0 Å². The van der Waals surface area contributed by atoms with Gasteiger partial charge in [-0.05, 0) is 86.1 Å². The summed E-state index contributed by atoms with van der Waals surface area (Å²) in [5.41, 5.74) is 3.74. The highest BCUT2D eigenvalue weighted by atomic mass is 35.5. The largest absolute Gasteiger partial charge is 0.465 e. The fourth-order valence-corrected chi connectivity index (χ4v) is 4.88. The average molecular weight is 497 g/mol. The number of fused-ring (bicyclic) bond motifs is 1. The van der Waals surface area contributed by atoms with E-state index < -0.39 is 23.9 Å². The third-order valence-electron chi connectivity index (χ3n) is 6.58. The van der Waals surface area contributed by atoms with E-state index >= 15 is 0 Å². The molecule has 0 spiro atoms. The van der Waals surface area contributed by atoms with Gasteiger partial charge in [-0.1, -0.05) is 31.0 Å². The Hall–Kier alpha value is -2.41. The predicted molar refractivity (Wildman–Crippen MR) is 130 cm³/mol. The van der Waals surface area contributed by atoms with Crippen molar-refractivity contribution in [3.8, 4) is 0 Å². The molecule has 0 aliphatic heterocycles. The van der Waals surface area contributed by atoms with Crippen LogP contribution in [-0.4, -0.2) is 29.2 Å². The van der Waals surface area contributed by atoms with Gasteiger partial charge in [-0.25, -0.2) is 4.79 Å². The zero-order valence-corrected chi connectivity index (χ0v) is 20.6. The van der Waals surface area contributed by atoms with E-state index in [-0.39, 0.29) is 17.1 Å². The fraction of sp³-hybridized carbons (Fsp3) is 0.500. The van der Waals surface area contributed by atoms with Crippen molar-refractivity contribution >= 4 is 23.4 Å². The number of halogens is 4. The first kappa shape index (κ1) is 26.2. The molecule has 3 rings (SSSR count). The summed E-state index contributed by atoms with van der Waals surface area (Å²) < 4.78 is 40.0. The minimum absolute atomic E-state index is 0.0723. The first-order chi connectivity index (χ1) is 16.0. The Labute approximate surface area is 204 Å². The van der Waals surface area contributed by atoms with Crippen LogP contribution in [0.4, 0.5) is 23.7 Å². The smallest absolute Gasteiger partial charge is 0.416 e. The lowest BCUT2D eigenvalue weighted by Crippen LogP contribution is -2.33. The number of unbranched alkanes of at least 4 members (excludes halogenated alkanes) is 1. The van der Waals surface area contributed by atoms with Gasteiger partial charge in [0.2, 0.25) is 0 Å². The lowest BCUT2D eigenvalue weighted by Gasteiger charge is -2.31. The molecule has 34 heavy (non-hydrogen) atoms. The van der Waals surface area contributed by atoms with E-state index in [1.165, 1.54) is 22.1 Å². The van der Waals surface area contributed by atoms with Gasteiger partial charge in [-0.3, -0.25) is 4.90 Å². The molecule has 2 aromatic carbocycles. The van der Waals surface area contributed by atoms with Crippen molar-refractivity contribution in [3.05, 3.63) is 63.2 Å². The van der Waals surface area contributed by atoms with E-state index in [9.17, 15) is 23.1 Å². The molecule has 4 nitrogen and oxygen atoms in total. The molecular weight excluding hydrogens is 465 g/mol. The minimum atomic E-state index is -4.57. The minimum Gasteiger partial charge on any atom is -0.465 e. The van der Waals surface area contributed by atoms with Gasteiger partial charge in [-0.15, -0.1) is 0 Å². The highest BCUT2D eigenvalue weighted by molar-refractivity contribution is 6.30. The number of carboxylic acid groups (broad SMARTS) is 1. The Morgan fingerprint density at radius 2 is 1.79 bits per heavy atom. The van der Waals surface area contributed by atoms with E-state index in [0.717, 1.165) is 68.6 Å². The summed E-state index contributed by atoms with van der Waals surface area (Å²) >= 11 is 5.97. The monoisotopic (exact) mass is 496 g/mol. The Kier molecular flexibility index (Phi) is 8.39. The lowest BCUT2D eigenvalue weighted by molar-refractivity contribution is -0.137. The molecule has 0 saturated carbocycles. The maximum absolute atomic E-state index is 13.3. The molecule has 8 heteroatoms. The predicted octanol–water partition coefficient (Wildman–Crippen LogP) is 7.72. The molecule has 0 heterocycles. The summed E-state index contributed by atoms with van der Waals surface area (Å²) in [7, 11) is 0. The van der Waals surface area contributed by atoms with Gasteiger partial charge in [0.1, 0.15) is 0 Å². The van der Waals surface area contributed by atoms with E-state index in [1.807, 2.05) is 0 Å². The van der Waals surface area contributed by atoms with Gasteiger partial charge in [0, 0.05) is 23.8 Å². The quantitative estimate of drug-likeness (QED) is 0.386. The van der Waals surface area contributed by atoms with Gasteiger partial charge < -0.3 is 10.0 Å². The number of hydrogen-bond acceptors (Lipinski definition) is 2. The van der Waals surface area contributed by atoms with Crippen LogP contribution in [0.15, 0.2) is 30.3 Å². The summed E-state index contributed by atoms with van der Waals surface area (Å²) in [6.07, 6.45) is -0.658. The van der Waals surface area contributed by atoms with E-state index in [1.54, 1.807) is 6.92 Å². The van der Waals surface area contributed by atoms with Gasteiger partial charge in [-0.2, -0.15) is 13.2 Å². The summed E-state index contributed by atoms with van der Waals surface area (Å²) in [5, 5.41) is 9.97. The summed E-state index contributed by atoms with van der Waals surface area (Å²) in [6.45, 7) is 7.54. The number of benzene rings is 2. The Bertz CT molecular complexity index is 1030. The van der Waals surface area contributed by atoms with Crippen LogP contribution in [0.2, 0.25) is 5.02 Å². The highest BCUT2D eigenvalue weighted by Crippen LogP contribution is 2.36. The third kappa shape index (κ3) is 5.98. The summed E-state index contributed by atoms with van der Waals surface area (Å²) in [4.78, 5) is 15.8. The van der Waals surface area contributed by atoms with Gasteiger partial charge >= 0.3 is 12.3 Å². The zero-order valence-electron chi connectivity index (χ0n) is 19.9. The van der Waals surface area contributed by atoms with Crippen LogP contribution in [-0.2, 0) is 25.6 Å². The van der Waals surface area contributed by atoms with E-state index in [2.05, 4.69) is 30.9 Å². The average Bonchev–Trinajstić information content (AvgIpc) is 3.23. The van der Waals surface area contributed by atoms with Gasteiger partial charge in [0.15, 0.2) is 0 Å². The van der Waals surface area contributed by atoms with Crippen LogP contribution in [0, 0.1) is 0 Å².